The van der Waals surface area contributed by atoms with Gasteiger partial charge in [-0.1, -0.05) is 65.6 Å². The zero-order valence-electron chi connectivity index (χ0n) is 37.9. The fourth-order valence-electron chi connectivity index (χ4n) is 14.4. The summed E-state index contributed by atoms with van der Waals surface area (Å²) in [6, 6.07) is 0. The number of carbonyl (C=O) groups excluding carboxylic acids is 2. The van der Waals surface area contributed by atoms with Crippen LogP contribution in [-0.4, -0.2) is 93.6 Å². The summed E-state index contributed by atoms with van der Waals surface area (Å²) in [5, 5.41) is 23.1. The zero-order valence-corrected chi connectivity index (χ0v) is 38.7. The molecule has 6 aliphatic rings. The minimum absolute atomic E-state index is 0.0197. The standard InChI is InChI=1S/C48H73ClN4O6/c1-29(2)38-32(54)24-47(35(55)28-53(23-22-52(10)11)48(20-21-48)40-50-26-30(49)27-51-40)19-18-45(8)31(39(38)47)12-13-34-44(7)16-15-36(59-37(56)25-42(3,4)41(57)58)43(5,6)33(44)14-17-46(34,45)9/h26-27,29,31,33-36,55H,12-25,28H2,1-11H3,(H,57,58)/t31-,33+,34-,35+,36-,44+,45-,46-,47+/m1/s1. The third-order valence-electron chi connectivity index (χ3n) is 18.1. The fraction of sp³-hybridized carbons (Fsp3) is 0.812. The number of Topliss-reactive ketones (excluding diaryl/α,β-unsaturated/α-hetero) is 1. The van der Waals surface area contributed by atoms with Crippen LogP contribution in [0.2, 0.25) is 5.02 Å². The molecule has 7 rings (SSSR count). The second kappa shape index (κ2) is 15.1. The predicted octanol–water partition coefficient (Wildman–Crippen LogP) is 8.74. The highest BCUT2D eigenvalue weighted by Crippen LogP contribution is 2.77. The van der Waals surface area contributed by atoms with Crippen LogP contribution in [0.3, 0.4) is 0 Å². The van der Waals surface area contributed by atoms with Gasteiger partial charge in [0.2, 0.25) is 0 Å². The van der Waals surface area contributed by atoms with Gasteiger partial charge in [0.15, 0.2) is 5.78 Å². The maximum Gasteiger partial charge on any atom is 0.309 e. The number of fused-ring (bicyclic) bond motifs is 7. The number of aromatic nitrogens is 2. The Hall–Kier alpha value is -2.40. The van der Waals surface area contributed by atoms with Crippen LogP contribution in [-0.2, 0) is 24.7 Å². The number of esters is 1. The Morgan fingerprint density at radius 2 is 1.58 bits per heavy atom. The second-order valence-electron chi connectivity index (χ2n) is 22.6. The number of allylic oxidation sites excluding steroid dienone is 1. The van der Waals surface area contributed by atoms with E-state index in [9.17, 15) is 24.6 Å². The summed E-state index contributed by atoms with van der Waals surface area (Å²) in [6.45, 7) is 21.7. The number of ketones is 1. The molecule has 10 nitrogen and oxygen atoms in total. The van der Waals surface area contributed by atoms with E-state index < -0.39 is 28.9 Å². The summed E-state index contributed by atoms with van der Waals surface area (Å²) in [5.74, 6) is 0.671. The van der Waals surface area contributed by atoms with Gasteiger partial charge in [0.1, 0.15) is 11.9 Å². The first-order chi connectivity index (χ1) is 27.4. The molecule has 0 aromatic carbocycles. The van der Waals surface area contributed by atoms with E-state index in [1.54, 1.807) is 26.2 Å². The molecule has 11 heteroatoms. The Balaban J connectivity index is 1.18. The van der Waals surface area contributed by atoms with Crippen molar-refractivity contribution in [3.63, 3.8) is 0 Å². The summed E-state index contributed by atoms with van der Waals surface area (Å²) in [6.07, 6.45) is 12.1. The Kier molecular flexibility index (Phi) is 11.5. The number of hydrogen-bond acceptors (Lipinski definition) is 9. The average molecular weight is 838 g/mol. The molecule has 0 saturated heterocycles. The van der Waals surface area contributed by atoms with Crippen molar-refractivity contribution >= 4 is 29.3 Å². The molecule has 5 fully saturated rings. The van der Waals surface area contributed by atoms with Gasteiger partial charge in [0.05, 0.1) is 28.5 Å². The van der Waals surface area contributed by atoms with Gasteiger partial charge in [-0.05, 0) is 138 Å². The topological polar surface area (TPSA) is 133 Å². The zero-order chi connectivity index (χ0) is 43.3. The molecule has 1 aromatic rings. The number of aliphatic hydroxyl groups is 1. The van der Waals surface area contributed by atoms with E-state index >= 15 is 0 Å². The van der Waals surface area contributed by atoms with Crippen LogP contribution in [0, 0.1) is 56.2 Å². The number of rotatable bonds is 13. The number of halogens is 1. The number of carboxylic acids is 1. The van der Waals surface area contributed by atoms with Crippen LogP contribution in [0.4, 0.5) is 0 Å². The highest BCUT2D eigenvalue weighted by Gasteiger charge is 2.71. The Morgan fingerprint density at radius 3 is 2.17 bits per heavy atom. The first kappa shape index (κ1) is 44.6. The van der Waals surface area contributed by atoms with E-state index in [1.807, 2.05) is 0 Å². The Bertz CT molecular complexity index is 1860. The molecule has 1 heterocycles. The van der Waals surface area contributed by atoms with Gasteiger partial charge in [-0.15, -0.1) is 0 Å². The van der Waals surface area contributed by atoms with Crippen LogP contribution in [0.5, 0.6) is 0 Å². The lowest BCUT2D eigenvalue weighted by Gasteiger charge is -2.72. The van der Waals surface area contributed by atoms with Crippen molar-refractivity contribution < 1.29 is 29.3 Å². The number of likely N-dealkylation sites (N-methyl/N-ethyl adjacent to an activating group) is 1. The molecule has 2 N–H and O–H groups in total. The monoisotopic (exact) mass is 837 g/mol. The van der Waals surface area contributed by atoms with E-state index in [0.29, 0.717) is 29.8 Å². The minimum Gasteiger partial charge on any atom is -0.481 e. The first-order valence-corrected chi connectivity index (χ1v) is 23.0. The molecule has 0 aliphatic heterocycles. The van der Waals surface area contributed by atoms with Gasteiger partial charge in [-0.3, -0.25) is 19.3 Å². The summed E-state index contributed by atoms with van der Waals surface area (Å²) < 4.78 is 6.21. The molecule has 59 heavy (non-hydrogen) atoms. The fourth-order valence-corrected chi connectivity index (χ4v) is 14.5. The van der Waals surface area contributed by atoms with Crippen molar-refractivity contribution in [2.45, 2.75) is 157 Å². The number of nitrogens with zero attached hydrogens (tertiary/aromatic N) is 4. The summed E-state index contributed by atoms with van der Waals surface area (Å²) in [4.78, 5) is 53.4. The van der Waals surface area contributed by atoms with Gasteiger partial charge in [0.25, 0.3) is 0 Å². The predicted molar refractivity (Wildman–Crippen MR) is 229 cm³/mol. The minimum atomic E-state index is -1.18. The number of ether oxygens (including phenoxy) is 1. The van der Waals surface area contributed by atoms with Gasteiger partial charge in [-0.25, -0.2) is 9.97 Å². The number of aliphatic carboxylic acids is 1. The van der Waals surface area contributed by atoms with E-state index in [1.165, 1.54) is 5.57 Å². The number of hydrogen-bond donors (Lipinski definition) is 2. The SMILES string of the molecule is CC(C)C1=C2[C@H]3CC[C@@H]4[C@@]5(C)CC[C@@H](OC(=O)CC(C)(C)C(=O)O)C(C)(C)[C@@H]5CC[C@@]4(C)[C@]3(C)CC[C@@]2([C@@H](O)CN(CCN(C)C)C2(c3ncc(Cl)cn3)CC2)CC1=O. The third-order valence-corrected chi connectivity index (χ3v) is 18.3. The van der Waals surface area contributed by atoms with E-state index in [2.05, 4.69) is 72.4 Å². The van der Waals surface area contributed by atoms with Crippen molar-refractivity contribution in [2.24, 2.45) is 56.2 Å². The largest absolute Gasteiger partial charge is 0.481 e. The van der Waals surface area contributed by atoms with Crippen LogP contribution >= 0.6 is 11.6 Å². The number of carboxylic acid groups (broad SMARTS) is 1. The highest BCUT2D eigenvalue weighted by molar-refractivity contribution is 6.30. The van der Waals surface area contributed by atoms with Crippen LogP contribution in [0.25, 0.3) is 0 Å². The van der Waals surface area contributed by atoms with E-state index in [4.69, 9.17) is 26.3 Å². The van der Waals surface area contributed by atoms with Crippen molar-refractivity contribution in [3.05, 3.63) is 34.4 Å². The molecular weight excluding hydrogens is 764 g/mol. The van der Waals surface area contributed by atoms with Crippen molar-refractivity contribution in [1.29, 1.82) is 0 Å². The summed E-state index contributed by atoms with van der Waals surface area (Å²) in [5.41, 5.74) is -0.117. The van der Waals surface area contributed by atoms with Gasteiger partial charge < -0.3 is 19.8 Å². The number of carbonyl (C=O) groups is 3. The molecule has 0 unspecified atom stereocenters. The lowest BCUT2D eigenvalue weighted by molar-refractivity contribution is -0.235. The second-order valence-corrected chi connectivity index (χ2v) is 23.0. The molecule has 0 bridgehead atoms. The molecule has 0 spiro atoms. The van der Waals surface area contributed by atoms with Crippen LogP contribution in [0.1, 0.15) is 145 Å². The van der Waals surface area contributed by atoms with Crippen molar-refractivity contribution in [1.82, 2.24) is 19.8 Å². The average Bonchev–Trinajstić information content (AvgIpc) is 3.88. The van der Waals surface area contributed by atoms with Gasteiger partial charge >= 0.3 is 11.9 Å². The highest BCUT2D eigenvalue weighted by atomic mass is 35.5. The Labute approximate surface area is 358 Å². The lowest BCUT2D eigenvalue weighted by Crippen LogP contribution is -2.66. The van der Waals surface area contributed by atoms with Crippen molar-refractivity contribution in [3.8, 4) is 0 Å². The lowest BCUT2D eigenvalue weighted by atomic mass is 9.33. The van der Waals surface area contributed by atoms with Gasteiger partial charge in [0, 0.05) is 49.3 Å². The third kappa shape index (κ3) is 7.04. The number of aliphatic hydroxyl groups excluding tert-OH is 1. The maximum absolute atomic E-state index is 14.4. The quantitative estimate of drug-likeness (QED) is 0.186. The van der Waals surface area contributed by atoms with E-state index in [0.717, 1.165) is 88.7 Å². The molecule has 0 amide bonds. The van der Waals surface area contributed by atoms with Crippen molar-refractivity contribution in [2.75, 3.05) is 33.7 Å². The molecule has 0 radical (unpaired) electrons. The van der Waals surface area contributed by atoms with Crippen LogP contribution < -0.4 is 0 Å². The first-order valence-electron chi connectivity index (χ1n) is 22.7. The summed E-state index contributed by atoms with van der Waals surface area (Å²) >= 11 is 6.23. The molecule has 328 valence electrons. The molecule has 5 saturated carbocycles. The Morgan fingerprint density at radius 1 is 0.915 bits per heavy atom. The summed E-state index contributed by atoms with van der Waals surface area (Å²) in [7, 11) is 4.16. The smallest absolute Gasteiger partial charge is 0.309 e. The molecule has 1 aromatic heterocycles. The van der Waals surface area contributed by atoms with Crippen LogP contribution in [0.15, 0.2) is 23.5 Å². The molecule has 9 atom stereocenters. The molecule has 6 aliphatic carbocycles. The molecular formula is C48H73ClN4O6. The normalized spacial score (nSPS) is 36.5. The van der Waals surface area contributed by atoms with Gasteiger partial charge in [-0.2, -0.15) is 0 Å². The van der Waals surface area contributed by atoms with E-state index in [-0.39, 0.29) is 57.3 Å². The maximum atomic E-state index is 14.4.